The Morgan fingerprint density at radius 1 is 1.50 bits per heavy atom. The highest BCUT2D eigenvalue weighted by Crippen LogP contribution is 2.23. The minimum absolute atomic E-state index is 0.0886. The van der Waals surface area contributed by atoms with Crippen LogP contribution in [0.4, 0.5) is 5.69 Å². The number of anilines is 1. The van der Waals surface area contributed by atoms with Crippen LogP contribution in [0, 0.1) is 12.8 Å². The average molecular weight is 246 g/mol. The van der Waals surface area contributed by atoms with Crippen LogP contribution in [0.25, 0.3) is 0 Å². The fourth-order valence-corrected chi connectivity index (χ4v) is 2.63. The first-order valence-corrected chi connectivity index (χ1v) is 6.77. The maximum atomic E-state index is 12.4. The minimum atomic E-state index is 0.0886. The van der Waals surface area contributed by atoms with Gasteiger partial charge in [0.25, 0.3) is 5.91 Å². The first-order valence-electron chi connectivity index (χ1n) is 6.77. The van der Waals surface area contributed by atoms with Crippen LogP contribution >= 0.6 is 0 Å². The van der Waals surface area contributed by atoms with E-state index >= 15 is 0 Å². The molecule has 1 unspecified atom stereocenters. The van der Waals surface area contributed by atoms with Crippen molar-refractivity contribution >= 4 is 11.6 Å². The molecule has 3 heteroatoms. The van der Waals surface area contributed by atoms with Crippen molar-refractivity contribution in [2.75, 3.05) is 18.8 Å². The third kappa shape index (κ3) is 2.66. The van der Waals surface area contributed by atoms with E-state index in [9.17, 15) is 4.79 Å². The van der Waals surface area contributed by atoms with E-state index in [1.54, 1.807) is 0 Å². The van der Waals surface area contributed by atoms with Crippen LogP contribution in [0.2, 0.25) is 0 Å². The van der Waals surface area contributed by atoms with E-state index in [1.807, 2.05) is 30.0 Å². The number of carbonyl (C=O) groups is 1. The fourth-order valence-electron chi connectivity index (χ4n) is 2.63. The lowest BCUT2D eigenvalue weighted by molar-refractivity contribution is 0.0672. The van der Waals surface area contributed by atoms with Crippen LogP contribution in [-0.2, 0) is 0 Å². The van der Waals surface area contributed by atoms with Crippen molar-refractivity contribution in [3.63, 3.8) is 0 Å². The number of nitrogen functional groups attached to an aromatic ring is 1. The summed E-state index contributed by atoms with van der Waals surface area (Å²) in [5.41, 5.74) is 8.29. The van der Waals surface area contributed by atoms with E-state index in [2.05, 4.69) is 6.92 Å². The predicted octanol–water partition coefficient (Wildman–Crippen LogP) is 2.84. The molecule has 1 aromatic carbocycles. The van der Waals surface area contributed by atoms with Gasteiger partial charge in [-0.3, -0.25) is 4.79 Å². The van der Waals surface area contributed by atoms with Gasteiger partial charge in [-0.15, -0.1) is 0 Å². The monoisotopic (exact) mass is 246 g/mol. The smallest absolute Gasteiger partial charge is 0.255 e. The molecule has 1 saturated heterocycles. The van der Waals surface area contributed by atoms with E-state index in [1.165, 1.54) is 6.42 Å². The molecule has 0 saturated carbocycles. The first-order chi connectivity index (χ1) is 8.61. The van der Waals surface area contributed by atoms with Crippen molar-refractivity contribution < 1.29 is 4.79 Å². The third-order valence-electron chi connectivity index (χ3n) is 3.82. The number of amides is 1. The Labute approximate surface area is 109 Å². The number of hydrogen-bond donors (Lipinski definition) is 1. The Morgan fingerprint density at radius 2 is 2.28 bits per heavy atom. The largest absolute Gasteiger partial charge is 0.398 e. The van der Waals surface area contributed by atoms with Crippen LogP contribution in [0.1, 0.15) is 42.1 Å². The van der Waals surface area contributed by atoms with Gasteiger partial charge in [0, 0.05) is 18.8 Å². The maximum absolute atomic E-state index is 12.4. The second-order valence-electron chi connectivity index (χ2n) is 5.26. The number of rotatable bonds is 2. The molecule has 1 aromatic rings. The van der Waals surface area contributed by atoms with Gasteiger partial charge in [0.15, 0.2) is 0 Å². The van der Waals surface area contributed by atoms with Gasteiger partial charge in [0.05, 0.1) is 5.56 Å². The van der Waals surface area contributed by atoms with Gasteiger partial charge in [-0.05, 0) is 43.4 Å². The van der Waals surface area contributed by atoms with Gasteiger partial charge in [-0.25, -0.2) is 0 Å². The molecular weight excluding hydrogens is 224 g/mol. The van der Waals surface area contributed by atoms with E-state index in [4.69, 9.17) is 5.73 Å². The van der Waals surface area contributed by atoms with Crippen molar-refractivity contribution in [1.29, 1.82) is 0 Å². The van der Waals surface area contributed by atoms with Crippen molar-refractivity contribution in [2.24, 2.45) is 5.92 Å². The van der Waals surface area contributed by atoms with E-state index in [0.29, 0.717) is 17.2 Å². The number of nitrogens with zero attached hydrogens (tertiary/aromatic N) is 1. The predicted molar refractivity (Wildman–Crippen MR) is 74.5 cm³/mol. The van der Waals surface area contributed by atoms with E-state index in [0.717, 1.165) is 31.5 Å². The molecule has 1 amide bonds. The topological polar surface area (TPSA) is 46.3 Å². The Bertz CT molecular complexity index is 442. The zero-order valence-corrected chi connectivity index (χ0v) is 11.3. The Hall–Kier alpha value is -1.51. The SMILES string of the molecule is CCC1CCCN(C(=O)c2ccc(C)cc2N)C1. The number of nitrogens with two attached hydrogens (primary N) is 1. The van der Waals surface area contributed by atoms with Gasteiger partial charge in [-0.1, -0.05) is 19.4 Å². The van der Waals surface area contributed by atoms with Gasteiger partial charge in [-0.2, -0.15) is 0 Å². The highest BCUT2D eigenvalue weighted by atomic mass is 16.2. The summed E-state index contributed by atoms with van der Waals surface area (Å²) >= 11 is 0. The number of hydrogen-bond acceptors (Lipinski definition) is 2. The summed E-state index contributed by atoms with van der Waals surface area (Å²) in [7, 11) is 0. The van der Waals surface area contributed by atoms with Gasteiger partial charge in [0.2, 0.25) is 0 Å². The number of piperidine rings is 1. The highest BCUT2D eigenvalue weighted by molar-refractivity contribution is 5.99. The normalized spacial score (nSPS) is 19.9. The summed E-state index contributed by atoms with van der Waals surface area (Å²) in [6, 6.07) is 5.67. The molecule has 98 valence electrons. The van der Waals surface area contributed by atoms with Crippen LogP contribution in [-0.4, -0.2) is 23.9 Å². The van der Waals surface area contributed by atoms with Gasteiger partial charge in [0.1, 0.15) is 0 Å². The molecule has 2 N–H and O–H groups in total. The molecule has 0 aromatic heterocycles. The fraction of sp³-hybridized carbons (Fsp3) is 0.533. The summed E-state index contributed by atoms with van der Waals surface area (Å²) in [6.45, 7) is 5.92. The van der Waals surface area contributed by atoms with Crippen molar-refractivity contribution in [3.8, 4) is 0 Å². The molecule has 0 bridgehead atoms. The molecule has 1 aliphatic rings. The Kier molecular flexibility index (Phi) is 3.90. The highest BCUT2D eigenvalue weighted by Gasteiger charge is 2.24. The summed E-state index contributed by atoms with van der Waals surface area (Å²) in [4.78, 5) is 14.4. The molecule has 0 radical (unpaired) electrons. The van der Waals surface area contributed by atoms with Crippen LogP contribution in [0.3, 0.4) is 0 Å². The summed E-state index contributed by atoms with van der Waals surface area (Å²) in [5, 5.41) is 0. The second kappa shape index (κ2) is 5.42. The molecule has 1 aliphatic heterocycles. The standard InChI is InChI=1S/C15H22N2O/c1-3-12-5-4-8-17(10-12)15(18)13-7-6-11(2)9-14(13)16/h6-7,9,12H,3-5,8,10,16H2,1-2H3. The maximum Gasteiger partial charge on any atom is 0.255 e. The molecule has 3 nitrogen and oxygen atoms in total. The zero-order chi connectivity index (χ0) is 13.1. The Balaban J connectivity index is 2.15. The lowest BCUT2D eigenvalue weighted by Gasteiger charge is -2.32. The van der Waals surface area contributed by atoms with Crippen LogP contribution < -0.4 is 5.73 Å². The zero-order valence-electron chi connectivity index (χ0n) is 11.3. The molecule has 1 fully saturated rings. The number of carbonyl (C=O) groups excluding carboxylic acids is 1. The molecule has 2 rings (SSSR count). The first kappa shape index (κ1) is 12.9. The third-order valence-corrected chi connectivity index (χ3v) is 3.82. The minimum Gasteiger partial charge on any atom is -0.398 e. The molecule has 1 atom stereocenters. The van der Waals surface area contributed by atoms with Crippen molar-refractivity contribution in [1.82, 2.24) is 4.90 Å². The quantitative estimate of drug-likeness (QED) is 0.816. The van der Waals surface area contributed by atoms with Crippen molar-refractivity contribution in [3.05, 3.63) is 29.3 Å². The molecule has 18 heavy (non-hydrogen) atoms. The summed E-state index contributed by atoms with van der Waals surface area (Å²) < 4.78 is 0. The average Bonchev–Trinajstić information content (AvgIpc) is 2.38. The lowest BCUT2D eigenvalue weighted by Crippen LogP contribution is -2.40. The summed E-state index contributed by atoms with van der Waals surface area (Å²) in [5.74, 6) is 0.736. The molecule has 0 spiro atoms. The van der Waals surface area contributed by atoms with Gasteiger partial charge >= 0.3 is 0 Å². The lowest BCUT2D eigenvalue weighted by atomic mass is 9.95. The summed E-state index contributed by atoms with van der Waals surface area (Å²) in [6.07, 6.45) is 3.49. The van der Waals surface area contributed by atoms with E-state index < -0.39 is 0 Å². The molecule has 1 heterocycles. The second-order valence-corrected chi connectivity index (χ2v) is 5.26. The van der Waals surface area contributed by atoms with E-state index in [-0.39, 0.29) is 5.91 Å². The van der Waals surface area contributed by atoms with Crippen LogP contribution in [0.5, 0.6) is 0 Å². The molecule has 0 aliphatic carbocycles. The number of likely N-dealkylation sites (tertiary alicyclic amines) is 1. The molecular formula is C15H22N2O. The van der Waals surface area contributed by atoms with Crippen LogP contribution in [0.15, 0.2) is 18.2 Å². The van der Waals surface area contributed by atoms with Crippen molar-refractivity contribution in [2.45, 2.75) is 33.1 Å². The Morgan fingerprint density at radius 3 is 2.94 bits per heavy atom. The number of benzene rings is 1. The van der Waals surface area contributed by atoms with Gasteiger partial charge < -0.3 is 10.6 Å². The number of aryl methyl sites for hydroxylation is 1.